The van der Waals surface area contributed by atoms with Crippen molar-refractivity contribution in [1.29, 1.82) is 0 Å². The maximum absolute atomic E-state index is 12.5. The van der Waals surface area contributed by atoms with Crippen LogP contribution in [0.1, 0.15) is 39.5 Å². The zero-order valence-corrected chi connectivity index (χ0v) is 11.8. The lowest BCUT2D eigenvalue weighted by molar-refractivity contribution is -0.135. The number of likely N-dealkylation sites (tertiary alicyclic amines) is 1. The van der Waals surface area contributed by atoms with Gasteiger partial charge in [0, 0.05) is 25.2 Å². The lowest BCUT2D eigenvalue weighted by Gasteiger charge is -2.30. The van der Waals surface area contributed by atoms with Gasteiger partial charge in [-0.2, -0.15) is 0 Å². The van der Waals surface area contributed by atoms with Gasteiger partial charge in [-0.25, -0.2) is 0 Å². The van der Waals surface area contributed by atoms with Gasteiger partial charge in [0.05, 0.1) is 6.54 Å². The second-order valence-corrected chi connectivity index (χ2v) is 5.67. The maximum Gasteiger partial charge on any atom is 0.237 e. The van der Waals surface area contributed by atoms with Crippen LogP contribution in [0.4, 0.5) is 0 Å². The summed E-state index contributed by atoms with van der Waals surface area (Å²) in [4.78, 5) is 16.9. The number of nitrogens with one attached hydrogen (secondary N) is 1. The molecule has 0 aromatic carbocycles. The van der Waals surface area contributed by atoms with Gasteiger partial charge in [0.2, 0.25) is 5.91 Å². The molecular formula is C14H27N3O. The molecule has 2 aliphatic heterocycles. The molecule has 0 aliphatic carbocycles. The first kappa shape index (κ1) is 13.8. The highest BCUT2D eigenvalue weighted by atomic mass is 16.2. The monoisotopic (exact) mass is 253 g/mol. The van der Waals surface area contributed by atoms with E-state index in [9.17, 15) is 4.79 Å². The number of nitrogens with zero attached hydrogens (tertiary/aromatic N) is 2. The van der Waals surface area contributed by atoms with Crippen molar-refractivity contribution < 1.29 is 4.79 Å². The quantitative estimate of drug-likeness (QED) is 0.817. The van der Waals surface area contributed by atoms with Crippen LogP contribution >= 0.6 is 0 Å². The molecule has 2 saturated heterocycles. The second-order valence-electron chi connectivity index (χ2n) is 5.67. The number of carbonyl (C=O) groups excluding carboxylic acids is 1. The smallest absolute Gasteiger partial charge is 0.237 e. The summed E-state index contributed by atoms with van der Waals surface area (Å²) in [6.45, 7) is 9.16. The summed E-state index contributed by atoms with van der Waals surface area (Å²) in [7, 11) is 0. The number of carbonyl (C=O) groups is 1. The highest BCUT2D eigenvalue weighted by Gasteiger charge is 2.33. The van der Waals surface area contributed by atoms with Gasteiger partial charge in [-0.3, -0.25) is 9.69 Å². The average molecular weight is 253 g/mol. The number of rotatable bonds is 3. The molecular weight excluding hydrogens is 226 g/mol. The van der Waals surface area contributed by atoms with Gasteiger partial charge in [-0.1, -0.05) is 6.92 Å². The largest absolute Gasteiger partial charge is 0.336 e. The molecule has 0 radical (unpaired) electrons. The Hall–Kier alpha value is -0.610. The SMILES string of the molecule is CCC1CCC(C)N1C(=O)CN1CCCNCC1. The van der Waals surface area contributed by atoms with E-state index < -0.39 is 0 Å². The molecule has 0 aromatic heterocycles. The standard InChI is InChI=1S/C14H27N3O/c1-3-13-6-5-12(2)17(13)14(18)11-16-9-4-7-15-8-10-16/h12-13,15H,3-11H2,1-2H3. The molecule has 0 saturated carbocycles. The van der Waals surface area contributed by atoms with E-state index in [1.54, 1.807) is 0 Å². The molecule has 1 amide bonds. The van der Waals surface area contributed by atoms with E-state index in [-0.39, 0.29) is 0 Å². The second kappa shape index (κ2) is 6.53. The number of amides is 1. The van der Waals surface area contributed by atoms with Crippen molar-refractivity contribution in [1.82, 2.24) is 15.1 Å². The molecule has 0 bridgehead atoms. The van der Waals surface area contributed by atoms with Gasteiger partial charge < -0.3 is 10.2 Å². The molecule has 18 heavy (non-hydrogen) atoms. The topological polar surface area (TPSA) is 35.6 Å². The summed E-state index contributed by atoms with van der Waals surface area (Å²) >= 11 is 0. The molecule has 2 atom stereocenters. The van der Waals surface area contributed by atoms with Crippen LogP contribution in [-0.4, -0.2) is 60.5 Å². The number of hydrogen-bond donors (Lipinski definition) is 1. The van der Waals surface area contributed by atoms with Crippen LogP contribution in [0, 0.1) is 0 Å². The van der Waals surface area contributed by atoms with Gasteiger partial charge in [0.25, 0.3) is 0 Å². The summed E-state index contributed by atoms with van der Waals surface area (Å²) in [6.07, 6.45) is 4.61. The lowest BCUT2D eigenvalue weighted by Crippen LogP contribution is -2.46. The molecule has 2 unspecified atom stereocenters. The van der Waals surface area contributed by atoms with Crippen LogP contribution in [0.3, 0.4) is 0 Å². The first-order valence-corrected chi connectivity index (χ1v) is 7.46. The lowest BCUT2D eigenvalue weighted by atomic mass is 10.1. The van der Waals surface area contributed by atoms with Crippen molar-refractivity contribution >= 4 is 5.91 Å². The zero-order chi connectivity index (χ0) is 13.0. The Balaban J connectivity index is 1.89. The normalized spacial score (nSPS) is 30.4. The fourth-order valence-corrected chi connectivity index (χ4v) is 3.25. The Bertz CT molecular complexity index is 274. The van der Waals surface area contributed by atoms with Crippen LogP contribution < -0.4 is 5.32 Å². The predicted molar refractivity (Wildman–Crippen MR) is 73.5 cm³/mol. The molecule has 2 aliphatic rings. The average Bonchev–Trinajstić information content (AvgIpc) is 2.57. The summed E-state index contributed by atoms with van der Waals surface area (Å²) in [5.41, 5.74) is 0. The van der Waals surface area contributed by atoms with Gasteiger partial charge in [0.15, 0.2) is 0 Å². The van der Waals surface area contributed by atoms with E-state index in [4.69, 9.17) is 0 Å². The van der Waals surface area contributed by atoms with Crippen molar-refractivity contribution in [2.75, 3.05) is 32.7 Å². The minimum atomic E-state index is 0.341. The Morgan fingerprint density at radius 1 is 1.28 bits per heavy atom. The summed E-state index contributed by atoms with van der Waals surface area (Å²) in [5, 5.41) is 3.38. The third-order valence-electron chi connectivity index (χ3n) is 4.34. The predicted octanol–water partition coefficient (Wildman–Crippen LogP) is 1.07. The summed E-state index contributed by atoms with van der Waals surface area (Å²) in [6, 6.07) is 0.921. The van der Waals surface area contributed by atoms with Gasteiger partial charge in [-0.15, -0.1) is 0 Å². The fraction of sp³-hybridized carbons (Fsp3) is 0.929. The molecule has 1 N–H and O–H groups in total. The molecule has 2 rings (SSSR count). The fourth-order valence-electron chi connectivity index (χ4n) is 3.25. The summed E-state index contributed by atoms with van der Waals surface area (Å²) in [5.74, 6) is 0.341. The Morgan fingerprint density at radius 3 is 2.89 bits per heavy atom. The third-order valence-corrected chi connectivity index (χ3v) is 4.34. The van der Waals surface area contributed by atoms with Crippen LogP contribution in [0.2, 0.25) is 0 Å². The Kier molecular flexibility index (Phi) is 5.01. The minimum Gasteiger partial charge on any atom is -0.336 e. The van der Waals surface area contributed by atoms with Crippen molar-refractivity contribution in [3.63, 3.8) is 0 Å². The van der Waals surface area contributed by atoms with Gasteiger partial charge >= 0.3 is 0 Å². The highest BCUT2D eigenvalue weighted by Crippen LogP contribution is 2.26. The van der Waals surface area contributed by atoms with E-state index in [2.05, 4.69) is 29.0 Å². The highest BCUT2D eigenvalue weighted by molar-refractivity contribution is 5.79. The molecule has 2 heterocycles. The first-order valence-electron chi connectivity index (χ1n) is 7.46. The molecule has 2 fully saturated rings. The maximum atomic E-state index is 12.5. The molecule has 4 heteroatoms. The molecule has 4 nitrogen and oxygen atoms in total. The van der Waals surface area contributed by atoms with Crippen LogP contribution in [-0.2, 0) is 4.79 Å². The molecule has 0 aromatic rings. The van der Waals surface area contributed by atoms with Gasteiger partial charge in [0.1, 0.15) is 0 Å². The van der Waals surface area contributed by atoms with Crippen LogP contribution in [0.25, 0.3) is 0 Å². The van der Waals surface area contributed by atoms with E-state index in [1.807, 2.05) is 0 Å². The van der Waals surface area contributed by atoms with E-state index in [0.717, 1.165) is 39.0 Å². The van der Waals surface area contributed by atoms with E-state index >= 15 is 0 Å². The molecule has 104 valence electrons. The first-order chi connectivity index (χ1) is 8.72. The van der Waals surface area contributed by atoms with E-state index in [0.29, 0.717) is 24.5 Å². The Morgan fingerprint density at radius 2 is 2.11 bits per heavy atom. The summed E-state index contributed by atoms with van der Waals surface area (Å²) < 4.78 is 0. The van der Waals surface area contributed by atoms with Crippen molar-refractivity contribution in [2.24, 2.45) is 0 Å². The number of hydrogen-bond acceptors (Lipinski definition) is 3. The minimum absolute atomic E-state index is 0.341. The van der Waals surface area contributed by atoms with Crippen LogP contribution in [0.5, 0.6) is 0 Å². The molecule has 0 spiro atoms. The van der Waals surface area contributed by atoms with Crippen molar-refractivity contribution in [2.45, 2.75) is 51.6 Å². The Labute approximate surface area is 111 Å². The van der Waals surface area contributed by atoms with Crippen molar-refractivity contribution in [3.8, 4) is 0 Å². The zero-order valence-electron chi connectivity index (χ0n) is 11.8. The van der Waals surface area contributed by atoms with Crippen LogP contribution in [0.15, 0.2) is 0 Å². The third kappa shape index (κ3) is 3.23. The van der Waals surface area contributed by atoms with Gasteiger partial charge in [-0.05, 0) is 45.7 Å². The van der Waals surface area contributed by atoms with E-state index in [1.165, 1.54) is 12.8 Å². The van der Waals surface area contributed by atoms with Crippen molar-refractivity contribution in [3.05, 3.63) is 0 Å².